The van der Waals surface area contributed by atoms with Crippen molar-refractivity contribution in [2.24, 2.45) is 0 Å². The van der Waals surface area contributed by atoms with E-state index in [0.717, 1.165) is 20.7 Å². The van der Waals surface area contributed by atoms with Gasteiger partial charge in [0.15, 0.2) is 0 Å². The van der Waals surface area contributed by atoms with Crippen molar-refractivity contribution < 1.29 is 14.6 Å². The quantitative estimate of drug-likeness (QED) is 0.931. The molecule has 2 rings (SSSR count). The third kappa shape index (κ3) is 2.68. The van der Waals surface area contributed by atoms with Crippen molar-refractivity contribution in [3.8, 4) is 11.5 Å². The van der Waals surface area contributed by atoms with Gasteiger partial charge in [-0.15, -0.1) is 11.3 Å². The van der Waals surface area contributed by atoms with Crippen molar-refractivity contribution in [3.63, 3.8) is 0 Å². The lowest BCUT2D eigenvalue weighted by atomic mass is 10.1. The molecule has 1 atom stereocenters. The molecule has 0 radical (unpaired) electrons. The molecule has 0 amide bonds. The van der Waals surface area contributed by atoms with E-state index in [4.69, 9.17) is 9.47 Å². The second-order valence-corrected chi connectivity index (χ2v) is 5.54. The summed E-state index contributed by atoms with van der Waals surface area (Å²) in [5, 5.41) is 12.3. The van der Waals surface area contributed by atoms with Crippen molar-refractivity contribution in [1.82, 2.24) is 0 Å². The van der Waals surface area contributed by atoms with E-state index in [1.54, 1.807) is 14.2 Å². The summed E-state index contributed by atoms with van der Waals surface area (Å²) in [5.41, 5.74) is 0.733. The Labute approximate surface area is 118 Å². The van der Waals surface area contributed by atoms with Crippen LogP contribution in [0.4, 0.5) is 0 Å². The highest BCUT2D eigenvalue weighted by atomic mass is 79.9. The van der Waals surface area contributed by atoms with Crippen LogP contribution < -0.4 is 9.47 Å². The molecule has 2 aromatic rings. The molecule has 0 fully saturated rings. The molecule has 0 aliphatic rings. The molecule has 0 saturated carbocycles. The van der Waals surface area contributed by atoms with E-state index in [9.17, 15) is 5.11 Å². The van der Waals surface area contributed by atoms with E-state index in [0.29, 0.717) is 5.75 Å². The van der Waals surface area contributed by atoms with Crippen LogP contribution in [0.3, 0.4) is 0 Å². The number of hydrogen-bond donors (Lipinski definition) is 1. The predicted molar refractivity (Wildman–Crippen MR) is 75.6 cm³/mol. The summed E-state index contributed by atoms with van der Waals surface area (Å²) in [4.78, 5) is 0.822. The first-order valence-electron chi connectivity index (χ1n) is 5.29. The Hall–Kier alpha value is -1.04. The second-order valence-electron chi connectivity index (χ2n) is 3.68. The molecule has 1 aromatic heterocycles. The normalized spacial score (nSPS) is 12.2. The van der Waals surface area contributed by atoms with Gasteiger partial charge in [-0.1, -0.05) is 15.9 Å². The highest BCUT2D eigenvalue weighted by molar-refractivity contribution is 9.10. The summed E-state index contributed by atoms with van der Waals surface area (Å²) < 4.78 is 11.3. The maximum Gasteiger partial charge on any atom is 0.129 e. The molecule has 1 unspecified atom stereocenters. The fraction of sp³-hybridized carbons (Fsp3) is 0.231. The van der Waals surface area contributed by atoms with E-state index >= 15 is 0 Å². The minimum Gasteiger partial charge on any atom is -0.496 e. The van der Waals surface area contributed by atoms with Gasteiger partial charge >= 0.3 is 0 Å². The summed E-state index contributed by atoms with van der Waals surface area (Å²) in [7, 11) is 3.20. The van der Waals surface area contributed by atoms with Gasteiger partial charge in [0.2, 0.25) is 0 Å². The molecule has 18 heavy (non-hydrogen) atoms. The van der Waals surface area contributed by atoms with Crippen molar-refractivity contribution in [2.75, 3.05) is 14.2 Å². The van der Waals surface area contributed by atoms with Crippen molar-refractivity contribution >= 4 is 27.3 Å². The van der Waals surface area contributed by atoms with Crippen molar-refractivity contribution in [3.05, 3.63) is 44.6 Å². The number of aliphatic hydroxyl groups excluding tert-OH is 1. The van der Waals surface area contributed by atoms with Crippen LogP contribution >= 0.6 is 27.3 Å². The Balaban J connectivity index is 2.38. The molecular formula is C13H13BrO3S. The zero-order valence-electron chi connectivity index (χ0n) is 10.0. The first-order chi connectivity index (χ1) is 8.65. The molecule has 3 nitrogen and oxygen atoms in total. The minimum atomic E-state index is -0.716. The number of halogens is 1. The number of hydrogen-bond acceptors (Lipinski definition) is 4. The molecule has 1 aromatic carbocycles. The first-order valence-corrected chi connectivity index (χ1v) is 6.97. The van der Waals surface area contributed by atoms with Crippen LogP contribution in [0.25, 0.3) is 0 Å². The number of methoxy groups -OCH3 is 2. The lowest BCUT2D eigenvalue weighted by Crippen LogP contribution is -2.00. The van der Waals surface area contributed by atoms with E-state index < -0.39 is 6.10 Å². The Morgan fingerprint density at radius 3 is 2.61 bits per heavy atom. The Morgan fingerprint density at radius 2 is 2.00 bits per heavy atom. The molecule has 96 valence electrons. The van der Waals surface area contributed by atoms with Gasteiger partial charge in [-0.05, 0) is 24.3 Å². The zero-order valence-corrected chi connectivity index (χ0v) is 12.4. The summed E-state index contributed by atoms with van der Waals surface area (Å²) in [5.74, 6) is 1.42. The average molecular weight is 329 g/mol. The monoisotopic (exact) mass is 328 g/mol. The molecule has 0 aliphatic heterocycles. The standard InChI is InChI=1S/C13H13BrO3S/c1-16-9-6-12(18-7-9)13(15)10-5-8(14)3-4-11(10)17-2/h3-7,13,15H,1-2H3. The minimum absolute atomic E-state index is 0.665. The molecule has 1 N–H and O–H groups in total. The topological polar surface area (TPSA) is 38.7 Å². The van der Waals surface area contributed by atoms with Crippen LogP contribution in [0.15, 0.2) is 34.1 Å². The van der Waals surface area contributed by atoms with Gasteiger partial charge in [0, 0.05) is 20.3 Å². The average Bonchev–Trinajstić information content (AvgIpc) is 2.86. The zero-order chi connectivity index (χ0) is 13.1. The lowest BCUT2D eigenvalue weighted by Gasteiger charge is -2.13. The molecule has 0 saturated heterocycles. The molecule has 0 aliphatic carbocycles. The highest BCUT2D eigenvalue weighted by Crippen LogP contribution is 2.36. The Bertz CT molecular complexity index is 539. The fourth-order valence-electron chi connectivity index (χ4n) is 1.66. The maximum atomic E-state index is 10.4. The second kappa shape index (κ2) is 5.73. The molecule has 0 bridgehead atoms. The molecule has 5 heteroatoms. The molecule has 0 spiro atoms. The van der Waals surface area contributed by atoms with Gasteiger partial charge in [0.1, 0.15) is 17.6 Å². The van der Waals surface area contributed by atoms with Gasteiger partial charge in [-0.3, -0.25) is 0 Å². The van der Waals surface area contributed by atoms with Gasteiger partial charge < -0.3 is 14.6 Å². The third-order valence-electron chi connectivity index (χ3n) is 2.59. The molecular weight excluding hydrogens is 316 g/mol. The number of aliphatic hydroxyl groups is 1. The number of benzene rings is 1. The summed E-state index contributed by atoms with van der Waals surface area (Å²) in [6.07, 6.45) is -0.716. The smallest absolute Gasteiger partial charge is 0.129 e. The highest BCUT2D eigenvalue weighted by Gasteiger charge is 2.18. The van der Waals surface area contributed by atoms with Crippen LogP contribution in [-0.4, -0.2) is 19.3 Å². The van der Waals surface area contributed by atoms with Crippen molar-refractivity contribution in [1.29, 1.82) is 0 Å². The summed E-state index contributed by atoms with van der Waals surface area (Å²) in [6.45, 7) is 0. The maximum absolute atomic E-state index is 10.4. The Morgan fingerprint density at radius 1 is 1.22 bits per heavy atom. The lowest BCUT2D eigenvalue weighted by molar-refractivity contribution is 0.218. The summed E-state index contributed by atoms with van der Waals surface area (Å²) in [6, 6.07) is 7.39. The number of rotatable bonds is 4. The van der Waals surface area contributed by atoms with E-state index in [2.05, 4.69) is 15.9 Å². The van der Waals surface area contributed by atoms with Crippen molar-refractivity contribution in [2.45, 2.75) is 6.10 Å². The Kier molecular flexibility index (Phi) is 4.27. The van der Waals surface area contributed by atoms with Gasteiger partial charge in [0.05, 0.1) is 14.2 Å². The SMILES string of the molecule is COc1csc(C(O)c2cc(Br)ccc2OC)c1. The molecule has 1 heterocycles. The van der Waals surface area contributed by atoms with E-state index in [-0.39, 0.29) is 0 Å². The number of thiophene rings is 1. The fourth-order valence-corrected chi connectivity index (χ4v) is 2.89. The van der Waals surface area contributed by atoms with Crippen LogP contribution in [-0.2, 0) is 0 Å². The number of ether oxygens (including phenoxy) is 2. The van der Waals surface area contributed by atoms with Crippen LogP contribution in [0.5, 0.6) is 11.5 Å². The van der Waals surface area contributed by atoms with Crippen LogP contribution in [0.1, 0.15) is 16.5 Å². The largest absolute Gasteiger partial charge is 0.496 e. The van der Waals surface area contributed by atoms with E-state index in [1.807, 2.05) is 29.6 Å². The van der Waals surface area contributed by atoms with Gasteiger partial charge in [0.25, 0.3) is 0 Å². The van der Waals surface area contributed by atoms with Gasteiger partial charge in [-0.2, -0.15) is 0 Å². The third-order valence-corrected chi connectivity index (χ3v) is 4.04. The van der Waals surface area contributed by atoms with Gasteiger partial charge in [-0.25, -0.2) is 0 Å². The predicted octanol–water partition coefficient (Wildman–Crippen LogP) is 3.61. The summed E-state index contributed by atoms with van der Waals surface area (Å²) >= 11 is 4.85. The van der Waals surface area contributed by atoms with E-state index in [1.165, 1.54) is 11.3 Å². The van der Waals surface area contributed by atoms with Crippen LogP contribution in [0, 0.1) is 0 Å². The first kappa shape index (κ1) is 13.4. The van der Waals surface area contributed by atoms with Crippen LogP contribution in [0.2, 0.25) is 0 Å².